The molecule has 0 saturated carbocycles. The lowest BCUT2D eigenvalue weighted by atomic mass is 10.1. The molecule has 0 bridgehead atoms. The van der Waals surface area contributed by atoms with E-state index in [9.17, 15) is 9.90 Å². The summed E-state index contributed by atoms with van der Waals surface area (Å²) in [5.41, 5.74) is 2.46. The van der Waals surface area contributed by atoms with Gasteiger partial charge in [-0.25, -0.2) is 0 Å². The van der Waals surface area contributed by atoms with Crippen molar-refractivity contribution >= 4 is 17.5 Å². The summed E-state index contributed by atoms with van der Waals surface area (Å²) in [6.45, 7) is 2.30. The molecule has 0 fully saturated rings. The molecule has 2 aromatic rings. The molecule has 1 heterocycles. The Kier molecular flexibility index (Phi) is 4.85. The van der Waals surface area contributed by atoms with Gasteiger partial charge in [-0.05, 0) is 42.6 Å². The van der Waals surface area contributed by atoms with Crippen molar-refractivity contribution in [3.63, 3.8) is 0 Å². The first-order valence-corrected chi connectivity index (χ1v) is 6.97. The molecule has 0 aliphatic carbocycles. The number of carbonyl (C=O) groups excluding carboxylic acids is 1. The van der Waals surface area contributed by atoms with E-state index in [1.165, 1.54) is 0 Å². The highest BCUT2D eigenvalue weighted by Gasteiger charge is 2.15. The maximum absolute atomic E-state index is 12.1. The van der Waals surface area contributed by atoms with Crippen molar-refractivity contribution < 1.29 is 14.4 Å². The van der Waals surface area contributed by atoms with Gasteiger partial charge in [0.2, 0.25) is 11.1 Å². The number of benzene rings is 1. The van der Waals surface area contributed by atoms with Gasteiger partial charge in [0.25, 0.3) is 0 Å². The predicted octanol–water partition coefficient (Wildman–Crippen LogP) is 2.93. The number of phenols is 1. The minimum absolute atomic E-state index is 0.0136. The molecule has 0 unspecified atom stereocenters. The average Bonchev–Trinajstić information content (AvgIpc) is 2.78. The number of hydrogen-bond donors (Lipinski definition) is 1. The molecule has 1 amide bonds. The number of halogens is 1. The van der Waals surface area contributed by atoms with Crippen LogP contribution in [0, 0.1) is 6.92 Å². The summed E-state index contributed by atoms with van der Waals surface area (Å²) < 4.78 is 4.86. The topological polar surface area (TPSA) is 66.6 Å². The fourth-order valence-electron chi connectivity index (χ4n) is 2.03. The Bertz CT molecular complexity index is 603. The number of hydrogen-bond acceptors (Lipinski definition) is 4. The van der Waals surface area contributed by atoms with E-state index in [4.69, 9.17) is 16.1 Å². The lowest BCUT2D eigenvalue weighted by Gasteiger charge is -2.17. The van der Waals surface area contributed by atoms with Crippen molar-refractivity contribution in [1.82, 2.24) is 10.1 Å². The fourth-order valence-corrected chi connectivity index (χ4v) is 2.29. The first-order chi connectivity index (χ1) is 9.97. The second-order valence-electron chi connectivity index (χ2n) is 4.94. The highest BCUT2D eigenvalue weighted by atomic mass is 35.5. The lowest BCUT2D eigenvalue weighted by molar-refractivity contribution is -0.130. The third-order valence-electron chi connectivity index (χ3n) is 3.31. The summed E-state index contributed by atoms with van der Waals surface area (Å²) >= 11 is 5.87. The Hall–Kier alpha value is -2.01. The zero-order valence-electron chi connectivity index (χ0n) is 12.0. The van der Waals surface area contributed by atoms with E-state index in [0.717, 1.165) is 11.1 Å². The molecular weight excluding hydrogens is 292 g/mol. The van der Waals surface area contributed by atoms with Gasteiger partial charge in [-0.1, -0.05) is 17.3 Å². The normalized spacial score (nSPS) is 10.6. The molecule has 6 heteroatoms. The molecule has 0 aliphatic heterocycles. The number of aromatic nitrogens is 1. The van der Waals surface area contributed by atoms with E-state index in [0.29, 0.717) is 25.1 Å². The van der Waals surface area contributed by atoms with Crippen LogP contribution in [-0.2, 0) is 17.8 Å². The van der Waals surface area contributed by atoms with Gasteiger partial charge >= 0.3 is 0 Å². The quantitative estimate of drug-likeness (QED) is 0.922. The van der Waals surface area contributed by atoms with E-state index in [2.05, 4.69) is 5.16 Å². The number of carbonyl (C=O) groups is 1. The molecule has 0 atom stereocenters. The number of phenolic OH excluding ortho intramolecular Hbond substituents is 1. The van der Waals surface area contributed by atoms with Gasteiger partial charge in [0.1, 0.15) is 5.75 Å². The van der Waals surface area contributed by atoms with Crippen molar-refractivity contribution in [3.05, 3.63) is 46.3 Å². The molecule has 1 aromatic heterocycles. The van der Waals surface area contributed by atoms with Gasteiger partial charge in [-0.3, -0.25) is 4.79 Å². The van der Waals surface area contributed by atoms with E-state index >= 15 is 0 Å². The second-order valence-corrected chi connectivity index (χ2v) is 5.28. The van der Waals surface area contributed by atoms with Crippen LogP contribution in [0.2, 0.25) is 5.22 Å². The summed E-state index contributed by atoms with van der Waals surface area (Å²) in [5, 5.41) is 13.2. The van der Waals surface area contributed by atoms with Crippen LogP contribution >= 0.6 is 11.6 Å². The summed E-state index contributed by atoms with van der Waals surface area (Å²) in [6.07, 6.45) is 0.850. The predicted molar refractivity (Wildman–Crippen MR) is 79.2 cm³/mol. The third-order valence-corrected chi connectivity index (χ3v) is 3.60. The highest BCUT2D eigenvalue weighted by Crippen LogP contribution is 2.21. The molecule has 0 spiro atoms. The van der Waals surface area contributed by atoms with Gasteiger partial charge in [-0.15, -0.1) is 0 Å². The molecule has 0 radical (unpaired) electrons. The van der Waals surface area contributed by atoms with E-state index in [1.54, 1.807) is 43.1 Å². The fraction of sp³-hybridized carbons (Fsp3) is 0.333. The van der Waals surface area contributed by atoms with E-state index in [-0.39, 0.29) is 16.9 Å². The molecule has 2 rings (SSSR count). The molecule has 21 heavy (non-hydrogen) atoms. The molecule has 5 nitrogen and oxygen atoms in total. The van der Waals surface area contributed by atoms with Crippen LogP contribution in [0.3, 0.4) is 0 Å². The highest BCUT2D eigenvalue weighted by molar-refractivity contribution is 6.29. The number of amides is 1. The van der Waals surface area contributed by atoms with Crippen LogP contribution in [-0.4, -0.2) is 28.1 Å². The van der Waals surface area contributed by atoms with Crippen molar-refractivity contribution in [3.8, 4) is 5.75 Å². The minimum Gasteiger partial charge on any atom is -0.508 e. The average molecular weight is 309 g/mol. The second kappa shape index (κ2) is 6.63. The maximum Gasteiger partial charge on any atom is 0.229 e. The summed E-state index contributed by atoms with van der Waals surface area (Å²) in [6, 6.07) is 6.79. The monoisotopic (exact) mass is 308 g/mol. The number of aryl methyl sites for hydroxylation is 1. The van der Waals surface area contributed by atoms with Gasteiger partial charge in [0.05, 0.1) is 5.69 Å². The number of rotatable bonds is 5. The smallest absolute Gasteiger partial charge is 0.229 e. The van der Waals surface area contributed by atoms with Gasteiger partial charge in [0, 0.05) is 25.6 Å². The van der Waals surface area contributed by atoms with Gasteiger partial charge in [-0.2, -0.15) is 0 Å². The molecule has 112 valence electrons. The molecule has 1 N–H and O–H groups in total. The summed E-state index contributed by atoms with van der Waals surface area (Å²) in [5.74, 6) is 0.227. The van der Waals surface area contributed by atoms with Crippen LogP contribution in [0.15, 0.2) is 28.8 Å². The SMILES string of the molecule is Cc1noc(Cl)c1CCC(=O)N(C)Cc1ccc(O)cc1. The van der Waals surface area contributed by atoms with E-state index in [1.807, 2.05) is 0 Å². The molecule has 1 aromatic carbocycles. The first-order valence-electron chi connectivity index (χ1n) is 6.60. The first kappa shape index (κ1) is 15.4. The molecular formula is C15H17ClN2O3. The van der Waals surface area contributed by atoms with Crippen molar-refractivity contribution in [1.29, 1.82) is 0 Å². The zero-order chi connectivity index (χ0) is 15.4. The summed E-state index contributed by atoms with van der Waals surface area (Å²) in [4.78, 5) is 13.8. The minimum atomic E-state index is 0.0136. The van der Waals surface area contributed by atoms with Crippen LogP contribution in [0.5, 0.6) is 5.75 Å². The molecule has 0 saturated heterocycles. The van der Waals surface area contributed by atoms with Crippen LogP contribution in [0.4, 0.5) is 0 Å². The summed E-state index contributed by atoms with van der Waals surface area (Å²) in [7, 11) is 1.75. The van der Waals surface area contributed by atoms with Crippen molar-refractivity contribution in [2.24, 2.45) is 0 Å². The third kappa shape index (κ3) is 3.98. The molecule has 0 aliphatic rings. The van der Waals surface area contributed by atoms with Crippen molar-refractivity contribution in [2.45, 2.75) is 26.3 Å². The van der Waals surface area contributed by atoms with Crippen molar-refractivity contribution in [2.75, 3.05) is 7.05 Å². The van der Waals surface area contributed by atoms with Crippen LogP contribution < -0.4 is 0 Å². The Morgan fingerprint density at radius 1 is 1.38 bits per heavy atom. The maximum atomic E-state index is 12.1. The Balaban J connectivity index is 1.89. The largest absolute Gasteiger partial charge is 0.508 e. The van der Waals surface area contributed by atoms with E-state index < -0.39 is 0 Å². The number of aromatic hydroxyl groups is 1. The Morgan fingerprint density at radius 2 is 2.05 bits per heavy atom. The Labute approximate surface area is 128 Å². The standard InChI is InChI=1S/C15H17ClN2O3/c1-10-13(15(16)21-17-10)7-8-14(20)18(2)9-11-3-5-12(19)6-4-11/h3-6,19H,7-9H2,1-2H3. The number of nitrogens with zero attached hydrogens (tertiary/aromatic N) is 2. The van der Waals surface area contributed by atoms with Gasteiger partial charge in [0.15, 0.2) is 0 Å². The lowest BCUT2D eigenvalue weighted by Crippen LogP contribution is -2.26. The van der Waals surface area contributed by atoms with Crippen LogP contribution in [0.1, 0.15) is 23.2 Å². The Morgan fingerprint density at radius 3 is 2.62 bits per heavy atom. The van der Waals surface area contributed by atoms with Gasteiger partial charge < -0.3 is 14.5 Å². The zero-order valence-corrected chi connectivity index (χ0v) is 12.7. The van der Waals surface area contributed by atoms with Crippen LogP contribution in [0.25, 0.3) is 0 Å².